The van der Waals surface area contributed by atoms with Crippen molar-refractivity contribution in [2.75, 3.05) is 47.4 Å². The first-order chi connectivity index (χ1) is 6.97. The third-order valence-electron chi connectivity index (χ3n) is 1.61. The molecule has 0 saturated carbocycles. The summed E-state index contributed by atoms with van der Waals surface area (Å²) in [6.07, 6.45) is 1.13. The van der Waals surface area contributed by atoms with Crippen LogP contribution in [0.4, 0.5) is 0 Å². The highest BCUT2D eigenvalue weighted by Crippen LogP contribution is 1.90. The molecule has 0 unspecified atom stereocenters. The second-order valence-electron chi connectivity index (χ2n) is 4.26. The Morgan fingerprint density at radius 3 is 1.73 bits per heavy atom. The van der Waals surface area contributed by atoms with Gasteiger partial charge in [0.1, 0.15) is 0 Å². The Bertz CT molecular complexity index is 114. The van der Waals surface area contributed by atoms with E-state index in [0.717, 1.165) is 30.7 Å². The summed E-state index contributed by atoms with van der Waals surface area (Å²) in [6, 6.07) is 0. The molecule has 0 rings (SSSR count). The smallest absolute Gasteiger partial charge is 0.304 e. The van der Waals surface area contributed by atoms with Gasteiger partial charge in [-0.1, -0.05) is 0 Å². The quantitative estimate of drug-likeness (QED) is 0.388. The average Bonchev–Trinajstić information content (AvgIpc) is 2.16. The Morgan fingerprint density at radius 2 is 1.53 bits per heavy atom. The van der Waals surface area contributed by atoms with Crippen molar-refractivity contribution in [1.82, 2.24) is 0 Å². The van der Waals surface area contributed by atoms with Crippen LogP contribution in [0, 0.1) is 0 Å². The zero-order chi connectivity index (χ0) is 12.2. The van der Waals surface area contributed by atoms with Gasteiger partial charge in [0.05, 0.1) is 27.7 Å². The minimum absolute atomic E-state index is 0.589. The van der Waals surface area contributed by atoms with E-state index in [-0.39, 0.29) is 0 Å². The van der Waals surface area contributed by atoms with Crippen LogP contribution >= 0.6 is 0 Å². The highest BCUT2D eigenvalue weighted by Gasteiger charge is 2.03. The monoisotopic (exact) mass is 237 g/mol. The lowest BCUT2D eigenvalue weighted by Gasteiger charge is -2.23. The van der Waals surface area contributed by atoms with E-state index >= 15 is 0 Å². The lowest BCUT2D eigenvalue weighted by Crippen LogP contribution is -2.36. The van der Waals surface area contributed by atoms with Gasteiger partial charge in [0, 0.05) is 19.6 Å². The number of hydrogen-bond donors (Lipinski definition) is 1. The molecular weight excluding hydrogens is 208 g/mol. The lowest BCUT2D eigenvalue weighted by molar-refractivity contribution is -0.870. The zero-order valence-electron chi connectivity index (χ0n) is 11.1. The molecule has 0 aliphatic carbocycles. The Hall–Kier alpha value is 0.0569. The zero-order valence-corrected chi connectivity index (χ0v) is 12.5. The fraction of sp³-hybridized carbons (Fsp3) is 1.00. The molecule has 0 fully saturated rings. The van der Waals surface area contributed by atoms with Crippen LogP contribution in [0.1, 0.15) is 20.3 Å². The van der Waals surface area contributed by atoms with Gasteiger partial charge in [-0.15, -0.1) is 0 Å². The summed E-state index contributed by atoms with van der Waals surface area (Å²) in [5, 5.41) is 0. The first-order valence-corrected chi connectivity index (χ1v) is 6.79. The first-order valence-electron chi connectivity index (χ1n) is 5.64. The van der Waals surface area contributed by atoms with E-state index in [1.807, 2.05) is 13.8 Å². The Labute approximate surface area is 97.4 Å². The van der Waals surface area contributed by atoms with Gasteiger partial charge in [-0.05, 0) is 20.4 Å². The van der Waals surface area contributed by atoms with E-state index < -0.39 is 10.0 Å². The lowest BCUT2D eigenvalue weighted by atomic mass is 10.4. The molecule has 0 radical (unpaired) electrons. The van der Waals surface area contributed by atoms with Gasteiger partial charge >= 0.3 is 10.0 Å². The number of nitrogens with zero attached hydrogens (tertiary/aromatic N) is 1. The fourth-order valence-electron chi connectivity index (χ4n) is 0.791. The Kier molecular flexibility index (Phi) is 14.1. The largest absolute Gasteiger partial charge is 0.399 e. The molecule has 15 heavy (non-hydrogen) atoms. The maximum absolute atomic E-state index is 5.33. The molecule has 4 nitrogen and oxygen atoms in total. The van der Waals surface area contributed by atoms with Crippen molar-refractivity contribution in [3.8, 4) is 0 Å². The van der Waals surface area contributed by atoms with Crippen molar-refractivity contribution in [3.05, 3.63) is 0 Å². The summed E-state index contributed by atoms with van der Waals surface area (Å²) in [5.41, 5.74) is 5.33. The van der Waals surface area contributed by atoms with Crippen LogP contribution < -0.4 is 5.73 Å². The topological polar surface area (TPSA) is 44.5 Å². The molecule has 0 bridgehead atoms. The number of quaternary nitrogens is 1. The minimum atomic E-state index is -0.589. The number of hydrogen-bond acceptors (Lipinski definition) is 3. The van der Waals surface area contributed by atoms with Crippen LogP contribution in [-0.2, 0) is 8.85 Å². The third-order valence-corrected chi connectivity index (χ3v) is 2.76. The van der Waals surface area contributed by atoms with Crippen LogP contribution in [0.3, 0.4) is 0 Å². The maximum atomic E-state index is 5.33. The van der Waals surface area contributed by atoms with Gasteiger partial charge in [0.25, 0.3) is 0 Å². The van der Waals surface area contributed by atoms with E-state index in [1.54, 1.807) is 0 Å². The number of nitrogens with two attached hydrogens (primary N) is 1. The summed E-state index contributed by atoms with van der Waals surface area (Å²) in [6.45, 7) is 7.54. The third kappa shape index (κ3) is 24.9. The molecule has 0 amide bonds. The van der Waals surface area contributed by atoms with Crippen molar-refractivity contribution in [1.29, 1.82) is 0 Å². The summed E-state index contributed by atoms with van der Waals surface area (Å²) < 4.78 is 11.0. The van der Waals surface area contributed by atoms with Crippen molar-refractivity contribution >= 4 is 10.0 Å². The second-order valence-corrected chi connectivity index (χ2v) is 5.31. The Balaban J connectivity index is 0. The molecule has 0 atom stereocenters. The fourth-order valence-corrected chi connectivity index (χ4v) is 1.24. The van der Waals surface area contributed by atoms with Gasteiger partial charge in [-0.2, -0.15) is 0 Å². The molecule has 0 spiro atoms. The maximum Gasteiger partial charge on any atom is 0.304 e. The van der Waals surface area contributed by atoms with Gasteiger partial charge in [0.2, 0.25) is 0 Å². The van der Waals surface area contributed by atoms with Crippen LogP contribution in [0.5, 0.6) is 0 Å². The van der Waals surface area contributed by atoms with E-state index in [1.165, 1.54) is 6.54 Å². The molecular formula is C10H29N2O2Si+. The molecule has 0 aliphatic rings. The van der Waals surface area contributed by atoms with Crippen molar-refractivity contribution in [3.63, 3.8) is 0 Å². The van der Waals surface area contributed by atoms with Crippen LogP contribution in [0.2, 0.25) is 0 Å². The number of rotatable bonds is 7. The van der Waals surface area contributed by atoms with Crippen LogP contribution in [0.25, 0.3) is 0 Å². The summed E-state index contributed by atoms with van der Waals surface area (Å²) in [5.74, 6) is 0. The van der Waals surface area contributed by atoms with Gasteiger partial charge in [0.15, 0.2) is 0 Å². The standard InChI is InChI=1S/C6H17N2.C4H12O2Si/c1-8(2,3)6-4-5-7;1-3-5-7-6-4-2/h4-7H2,1-3H3;3-4,7H2,1-2H3/q+1;. The molecule has 0 heterocycles. The predicted molar refractivity (Wildman–Crippen MR) is 68.4 cm³/mol. The highest BCUT2D eigenvalue weighted by atomic mass is 28.3. The van der Waals surface area contributed by atoms with E-state index in [2.05, 4.69) is 21.1 Å². The summed E-state index contributed by atoms with van der Waals surface area (Å²) >= 11 is 0. The molecule has 5 heteroatoms. The van der Waals surface area contributed by atoms with Gasteiger partial charge in [-0.25, -0.2) is 0 Å². The molecule has 0 aromatic rings. The van der Waals surface area contributed by atoms with Crippen molar-refractivity contribution < 1.29 is 13.3 Å². The minimum Gasteiger partial charge on any atom is -0.399 e. The second kappa shape index (κ2) is 12.1. The predicted octanol–water partition coefficient (Wildman–Crippen LogP) is 0.0996. The van der Waals surface area contributed by atoms with E-state index in [0.29, 0.717) is 0 Å². The van der Waals surface area contributed by atoms with Crippen molar-refractivity contribution in [2.24, 2.45) is 5.73 Å². The molecule has 0 saturated heterocycles. The molecule has 0 aromatic carbocycles. The first kappa shape index (κ1) is 17.5. The summed E-state index contributed by atoms with van der Waals surface area (Å²) in [4.78, 5) is 0. The highest BCUT2D eigenvalue weighted by molar-refractivity contribution is 6.17. The van der Waals surface area contributed by atoms with Gasteiger partial charge in [-0.3, -0.25) is 0 Å². The Morgan fingerprint density at radius 1 is 1.07 bits per heavy atom. The molecule has 0 aromatic heterocycles. The summed E-state index contributed by atoms with van der Waals surface area (Å²) in [7, 11) is 5.94. The molecule has 2 N–H and O–H groups in total. The molecule has 0 aliphatic heterocycles. The van der Waals surface area contributed by atoms with E-state index in [4.69, 9.17) is 14.6 Å². The van der Waals surface area contributed by atoms with Crippen LogP contribution in [-0.4, -0.2) is 61.9 Å². The normalized spacial score (nSPS) is 10.8. The molecule has 94 valence electrons. The SMILES string of the molecule is CCO[SiH2]OCC.C[N+](C)(C)CCCN. The van der Waals surface area contributed by atoms with Crippen molar-refractivity contribution in [2.45, 2.75) is 20.3 Å². The van der Waals surface area contributed by atoms with E-state index in [9.17, 15) is 0 Å². The van der Waals surface area contributed by atoms with Crippen LogP contribution in [0.15, 0.2) is 0 Å². The average molecular weight is 237 g/mol. The van der Waals surface area contributed by atoms with Gasteiger partial charge < -0.3 is 19.1 Å².